The van der Waals surface area contributed by atoms with Crippen LogP contribution in [-0.2, 0) is 33.8 Å². The van der Waals surface area contributed by atoms with Gasteiger partial charge >= 0.3 is 0 Å². The van der Waals surface area contributed by atoms with Crippen LogP contribution in [0.5, 0.6) is 0 Å². The number of aromatic nitrogens is 5. The van der Waals surface area contributed by atoms with Crippen molar-refractivity contribution in [2.75, 3.05) is 75.6 Å². The van der Waals surface area contributed by atoms with Crippen molar-refractivity contribution in [2.24, 2.45) is 0 Å². The Morgan fingerprint density at radius 1 is 0.962 bits per heavy atom. The SMILES string of the molecule is COCCOCCNC(=O)C(Cc1ccc(C#N)cc1)Nc1nc(NCc2nc3ccc(F)cc3[nH]2)nc(Nc2cccc(CN3CCNCC3)c2)n1. The number of anilines is 4. The van der Waals surface area contributed by atoms with Gasteiger partial charge in [-0.3, -0.25) is 9.69 Å². The monoisotopic (exact) mass is 722 g/mol. The summed E-state index contributed by atoms with van der Waals surface area (Å²) in [5, 5.41) is 25.3. The number of fused-ring (bicyclic) bond motifs is 1. The first kappa shape index (κ1) is 37.0. The number of ether oxygens (including phenoxy) is 2. The molecule has 6 rings (SSSR count). The van der Waals surface area contributed by atoms with Gasteiger partial charge in [0, 0.05) is 58.5 Å². The molecule has 53 heavy (non-hydrogen) atoms. The standard InChI is InChI=1S/C37H43FN12O3/c1-52-17-18-53-16-13-41-34(51)32(20-25-5-7-26(22-39)8-6-25)46-37-48-35(42-23-33-44-30-10-9-28(38)21-31(30)45-33)47-36(49-37)43-29-4-2-3-27(19-29)24-50-14-11-40-12-15-50/h2-10,19,21,32,40H,11-18,20,23-24H2,1H3,(H,41,51)(H,44,45)(H3,42,43,46,47,48,49). The quantitative estimate of drug-likeness (QED) is 0.0724. The lowest BCUT2D eigenvalue weighted by molar-refractivity contribution is -0.122. The van der Waals surface area contributed by atoms with E-state index >= 15 is 0 Å². The zero-order valence-electron chi connectivity index (χ0n) is 29.5. The summed E-state index contributed by atoms with van der Waals surface area (Å²) in [6.07, 6.45) is 0.281. The fourth-order valence-electron chi connectivity index (χ4n) is 5.79. The highest BCUT2D eigenvalue weighted by Gasteiger charge is 2.21. The van der Waals surface area contributed by atoms with Crippen LogP contribution in [0.3, 0.4) is 0 Å². The van der Waals surface area contributed by atoms with Crippen LogP contribution in [0.4, 0.5) is 27.9 Å². The van der Waals surface area contributed by atoms with Crippen molar-refractivity contribution < 1.29 is 18.7 Å². The number of nitriles is 1. The number of hydrogen-bond donors (Lipinski definition) is 6. The molecule has 0 aliphatic carbocycles. The van der Waals surface area contributed by atoms with E-state index in [0.29, 0.717) is 42.2 Å². The van der Waals surface area contributed by atoms with Crippen LogP contribution in [0.2, 0.25) is 0 Å². The molecule has 0 spiro atoms. The Morgan fingerprint density at radius 3 is 2.58 bits per heavy atom. The number of aromatic amines is 1. The molecule has 1 saturated heterocycles. The van der Waals surface area contributed by atoms with Crippen LogP contribution in [0.15, 0.2) is 66.7 Å². The normalized spacial score (nSPS) is 13.7. The number of carbonyl (C=O) groups is 1. The third-order valence-corrected chi connectivity index (χ3v) is 8.46. The largest absolute Gasteiger partial charge is 0.382 e. The molecular formula is C37H43FN12O3. The summed E-state index contributed by atoms with van der Waals surface area (Å²) >= 11 is 0. The van der Waals surface area contributed by atoms with E-state index in [1.165, 1.54) is 12.1 Å². The molecule has 1 fully saturated rings. The molecule has 1 atom stereocenters. The molecule has 5 aromatic rings. The smallest absolute Gasteiger partial charge is 0.243 e. The second kappa shape index (κ2) is 18.7. The van der Waals surface area contributed by atoms with E-state index in [0.717, 1.165) is 49.5 Å². The van der Waals surface area contributed by atoms with Crippen molar-refractivity contribution in [1.29, 1.82) is 5.26 Å². The van der Waals surface area contributed by atoms with Crippen molar-refractivity contribution in [1.82, 2.24) is 40.5 Å². The minimum absolute atomic E-state index is 0.152. The lowest BCUT2D eigenvalue weighted by atomic mass is 10.0. The zero-order chi connectivity index (χ0) is 36.8. The first-order valence-electron chi connectivity index (χ1n) is 17.5. The number of nitrogens with one attached hydrogen (secondary N) is 6. The summed E-state index contributed by atoms with van der Waals surface area (Å²) in [7, 11) is 1.60. The number of H-pyrrole nitrogens is 1. The molecule has 276 valence electrons. The van der Waals surface area contributed by atoms with E-state index < -0.39 is 6.04 Å². The van der Waals surface area contributed by atoms with Crippen LogP contribution >= 0.6 is 0 Å². The van der Waals surface area contributed by atoms with Gasteiger partial charge in [-0.2, -0.15) is 20.2 Å². The van der Waals surface area contributed by atoms with Gasteiger partial charge < -0.3 is 41.0 Å². The molecule has 0 saturated carbocycles. The first-order chi connectivity index (χ1) is 25.9. The molecule has 2 aromatic heterocycles. The van der Waals surface area contributed by atoms with Crippen LogP contribution in [0, 0.1) is 17.1 Å². The maximum absolute atomic E-state index is 13.8. The summed E-state index contributed by atoms with van der Waals surface area (Å²) in [5.74, 6) is 0.530. The van der Waals surface area contributed by atoms with Crippen molar-refractivity contribution in [3.8, 4) is 6.07 Å². The number of rotatable bonds is 18. The van der Waals surface area contributed by atoms with E-state index in [4.69, 9.17) is 9.47 Å². The lowest BCUT2D eigenvalue weighted by Gasteiger charge is -2.27. The second-order valence-electron chi connectivity index (χ2n) is 12.5. The van der Waals surface area contributed by atoms with Crippen molar-refractivity contribution in [3.05, 3.63) is 95.1 Å². The second-order valence-corrected chi connectivity index (χ2v) is 12.5. The summed E-state index contributed by atoms with van der Waals surface area (Å²) in [6.45, 7) is 6.39. The van der Waals surface area contributed by atoms with Gasteiger partial charge in [-0.05, 0) is 53.6 Å². The van der Waals surface area contributed by atoms with Gasteiger partial charge in [0.05, 0.1) is 49.0 Å². The highest BCUT2D eigenvalue weighted by Crippen LogP contribution is 2.20. The molecular weight excluding hydrogens is 679 g/mol. The van der Waals surface area contributed by atoms with Crippen molar-refractivity contribution >= 4 is 40.5 Å². The Kier molecular flexibility index (Phi) is 13.0. The van der Waals surface area contributed by atoms with Gasteiger partial charge in [0.25, 0.3) is 0 Å². The van der Waals surface area contributed by atoms with Crippen molar-refractivity contribution in [2.45, 2.75) is 25.6 Å². The molecule has 15 nitrogen and oxygen atoms in total. The Bertz CT molecular complexity index is 2000. The highest BCUT2D eigenvalue weighted by molar-refractivity contribution is 5.84. The highest BCUT2D eigenvalue weighted by atomic mass is 19.1. The first-order valence-corrected chi connectivity index (χ1v) is 17.5. The fourth-order valence-corrected chi connectivity index (χ4v) is 5.79. The fraction of sp³-hybridized carbons (Fsp3) is 0.351. The average Bonchev–Trinajstić information content (AvgIpc) is 3.58. The Morgan fingerprint density at radius 2 is 1.77 bits per heavy atom. The van der Waals surface area contributed by atoms with Crippen LogP contribution < -0.4 is 26.6 Å². The molecule has 1 amide bonds. The summed E-state index contributed by atoms with van der Waals surface area (Å²) in [6, 6.07) is 20.8. The van der Waals surface area contributed by atoms with E-state index in [-0.39, 0.29) is 49.1 Å². The third-order valence-electron chi connectivity index (χ3n) is 8.46. The predicted octanol–water partition coefficient (Wildman–Crippen LogP) is 3.32. The van der Waals surface area contributed by atoms with E-state index in [9.17, 15) is 14.4 Å². The van der Waals surface area contributed by atoms with Gasteiger partial charge in [-0.15, -0.1) is 0 Å². The number of benzene rings is 3. The number of amides is 1. The molecule has 0 bridgehead atoms. The van der Waals surface area contributed by atoms with Gasteiger partial charge in [0.2, 0.25) is 23.8 Å². The molecule has 16 heteroatoms. The molecule has 3 heterocycles. The molecule has 6 N–H and O–H groups in total. The van der Waals surface area contributed by atoms with E-state index in [2.05, 4.69) is 74.6 Å². The minimum Gasteiger partial charge on any atom is -0.382 e. The van der Waals surface area contributed by atoms with Gasteiger partial charge in [-0.25, -0.2) is 9.37 Å². The average molecular weight is 723 g/mol. The van der Waals surface area contributed by atoms with Gasteiger partial charge in [-0.1, -0.05) is 24.3 Å². The summed E-state index contributed by atoms with van der Waals surface area (Å²) < 4.78 is 24.3. The molecule has 1 unspecified atom stereocenters. The molecule has 3 aromatic carbocycles. The number of hydrogen-bond acceptors (Lipinski definition) is 13. The number of piperazine rings is 1. The Labute approximate surface area is 306 Å². The van der Waals surface area contributed by atoms with Crippen LogP contribution in [-0.4, -0.2) is 101 Å². The lowest BCUT2D eigenvalue weighted by Crippen LogP contribution is -2.42. The number of halogens is 1. The van der Waals surface area contributed by atoms with E-state index in [1.807, 2.05) is 24.3 Å². The van der Waals surface area contributed by atoms with Gasteiger partial charge in [0.1, 0.15) is 17.7 Å². The topological polar surface area (TPSA) is 190 Å². The Balaban J connectivity index is 1.24. The maximum Gasteiger partial charge on any atom is 0.243 e. The van der Waals surface area contributed by atoms with Crippen LogP contribution in [0.25, 0.3) is 11.0 Å². The Hall–Kier alpha value is -5.73. The third kappa shape index (κ3) is 11.1. The van der Waals surface area contributed by atoms with Crippen LogP contribution in [0.1, 0.15) is 22.5 Å². The minimum atomic E-state index is -0.794. The number of methoxy groups -OCH3 is 1. The molecule has 1 aliphatic rings. The molecule has 1 aliphatic heterocycles. The summed E-state index contributed by atoms with van der Waals surface area (Å²) in [4.78, 5) is 37.6. The van der Waals surface area contributed by atoms with E-state index in [1.54, 1.807) is 25.3 Å². The zero-order valence-corrected chi connectivity index (χ0v) is 29.5. The number of carbonyl (C=O) groups excluding carboxylic acids is 1. The molecule has 0 radical (unpaired) electrons. The number of imidazole rings is 1. The maximum atomic E-state index is 13.8. The number of nitrogens with zero attached hydrogens (tertiary/aromatic N) is 6. The van der Waals surface area contributed by atoms with Gasteiger partial charge in [0.15, 0.2) is 0 Å². The van der Waals surface area contributed by atoms with Crippen molar-refractivity contribution in [3.63, 3.8) is 0 Å². The summed E-state index contributed by atoms with van der Waals surface area (Å²) in [5.41, 5.74) is 4.50. The predicted molar refractivity (Wildman–Crippen MR) is 199 cm³/mol.